The Morgan fingerprint density at radius 3 is 2.21 bits per heavy atom. The summed E-state index contributed by atoms with van der Waals surface area (Å²) < 4.78 is 21.0. The molecule has 1 spiro atoms. The van der Waals surface area contributed by atoms with Crippen LogP contribution >= 0.6 is 0 Å². The van der Waals surface area contributed by atoms with Gasteiger partial charge in [0.2, 0.25) is 0 Å². The van der Waals surface area contributed by atoms with Crippen molar-refractivity contribution in [2.75, 3.05) is 14.2 Å². The number of hydrogen-bond acceptors (Lipinski definition) is 6. The van der Waals surface area contributed by atoms with Crippen molar-refractivity contribution in [2.45, 2.75) is 43.7 Å². The van der Waals surface area contributed by atoms with E-state index in [1.54, 1.807) is 0 Å². The standard InChI is InChI=1S/C13H18O6/c1-16-11(14)9-10(12(15)17-2)19-13(18-9)5-3-4-7-6-8(7)13/h7-10H,3-6H2,1-2H3/t7-,8+,9-,10-/m0/s1. The minimum Gasteiger partial charge on any atom is -0.467 e. The zero-order chi connectivity index (χ0) is 13.6. The molecule has 0 radical (unpaired) electrons. The topological polar surface area (TPSA) is 71.1 Å². The third kappa shape index (κ3) is 1.94. The highest BCUT2D eigenvalue weighted by atomic mass is 16.8. The monoisotopic (exact) mass is 270 g/mol. The summed E-state index contributed by atoms with van der Waals surface area (Å²) in [4.78, 5) is 23.5. The number of ether oxygens (including phenoxy) is 4. The molecule has 1 aliphatic heterocycles. The van der Waals surface area contributed by atoms with Gasteiger partial charge >= 0.3 is 11.9 Å². The fourth-order valence-corrected chi connectivity index (χ4v) is 3.35. The molecule has 0 bridgehead atoms. The lowest BCUT2D eigenvalue weighted by Gasteiger charge is -2.31. The quantitative estimate of drug-likeness (QED) is 0.685. The number of hydrogen-bond donors (Lipinski definition) is 0. The molecule has 6 nitrogen and oxygen atoms in total. The first kappa shape index (κ1) is 12.9. The second kappa shape index (κ2) is 4.45. The van der Waals surface area contributed by atoms with Crippen LogP contribution in [0.1, 0.15) is 25.7 Å². The Morgan fingerprint density at radius 1 is 1.11 bits per heavy atom. The Balaban J connectivity index is 1.83. The van der Waals surface area contributed by atoms with Crippen LogP contribution in [0.4, 0.5) is 0 Å². The summed E-state index contributed by atoms with van der Waals surface area (Å²) in [6, 6.07) is 0. The van der Waals surface area contributed by atoms with Crippen molar-refractivity contribution < 1.29 is 28.5 Å². The van der Waals surface area contributed by atoms with Gasteiger partial charge in [0.25, 0.3) is 0 Å². The smallest absolute Gasteiger partial charge is 0.338 e. The van der Waals surface area contributed by atoms with Crippen LogP contribution in [0.2, 0.25) is 0 Å². The van der Waals surface area contributed by atoms with E-state index in [1.807, 2.05) is 0 Å². The van der Waals surface area contributed by atoms with Crippen molar-refractivity contribution in [3.63, 3.8) is 0 Å². The molecule has 0 unspecified atom stereocenters. The van der Waals surface area contributed by atoms with E-state index in [-0.39, 0.29) is 0 Å². The van der Waals surface area contributed by atoms with Crippen molar-refractivity contribution in [3.8, 4) is 0 Å². The van der Waals surface area contributed by atoms with Crippen LogP contribution in [0.25, 0.3) is 0 Å². The Labute approximate surface area is 111 Å². The maximum Gasteiger partial charge on any atom is 0.338 e. The van der Waals surface area contributed by atoms with Gasteiger partial charge in [-0.15, -0.1) is 0 Å². The maximum atomic E-state index is 11.8. The number of carbonyl (C=O) groups is 2. The van der Waals surface area contributed by atoms with Gasteiger partial charge in [0, 0.05) is 12.3 Å². The maximum absolute atomic E-state index is 11.8. The van der Waals surface area contributed by atoms with E-state index in [9.17, 15) is 9.59 Å². The molecular weight excluding hydrogens is 252 g/mol. The number of methoxy groups -OCH3 is 2. The summed E-state index contributed by atoms with van der Waals surface area (Å²) in [6.07, 6.45) is 1.89. The second-order valence-corrected chi connectivity index (χ2v) is 5.43. The van der Waals surface area contributed by atoms with Crippen LogP contribution in [0.3, 0.4) is 0 Å². The average Bonchev–Trinajstić information content (AvgIpc) is 3.14. The molecule has 4 atom stereocenters. The number of fused-ring (bicyclic) bond motifs is 2. The fraction of sp³-hybridized carbons (Fsp3) is 0.846. The Hall–Kier alpha value is -1.14. The van der Waals surface area contributed by atoms with Crippen LogP contribution in [0.5, 0.6) is 0 Å². The molecule has 6 heteroatoms. The van der Waals surface area contributed by atoms with E-state index in [0.29, 0.717) is 11.8 Å². The minimum atomic E-state index is -1.02. The highest BCUT2D eigenvalue weighted by Gasteiger charge is 2.65. The molecular formula is C13H18O6. The van der Waals surface area contributed by atoms with Gasteiger partial charge in [0.1, 0.15) is 0 Å². The molecule has 2 saturated carbocycles. The number of carbonyl (C=O) groups excluding carboxylic acids is 2. The predicted octanol–water partition coefficient (Wildman–Crippen LogP) is 0.633. The largest absolute Gasteiger partial charge is 0.467 e. The van der Waals surface area contributed by atoms with Crippen LogP contribution in [-0.2, 0) is 28.5 Å². The first-order valence-electron chi connectivity index (χ1n) is 6.62. The molecule has 3 rings (SSSR count). The van der Waals surface area contributed by atoms with E-state index in [0.717, 1.165) is 19.3 Å². The number of esters is 2. The summed E-state index contributed by atoms with van der Waals surface area (Å²) in [6.45, 7) is 0. The van der Waals surface area contributed by atoms with Crippen LogP contribution in [-0.4, -0.2) is 44.2 Å². The third-order valence-corrected chi connectivity index (χ3v) is 4.38. The van der Waals surface area contributed by atoms with Gasteiger partial charge in [-0.2, -0.15) is 0 Å². The van der Waals surface area contributed by atoms with Crippen LogP contribution < -0.4 is 0 Å². The molecule has 3 aliphatic rings. The van der Waals surface area contributed by atoms with E-state index in [1.165, 1.54) is 20.6 Å². The lowest BCUT2D eigenvalue weighted by Crippen LogP contribution is -2.38. The van der Waals surface area contributed by atoms with Gasteiger partial charge < -0.3 is 18.9 Å². The molecule has 0 aromatic heterocycles. The zero-order valence-electron chi connectivity index (χ0n) is 11.1. The highest BCUT2D eigenvalue weighted by molar-refractivity contribution is 5.86. The Bertz CT molecular complexity index is 382. The SMILES string of the molecule is COC(=O)[C@H]1OC2(CCC[C@H]3C[C@H]32)O[C@@H]1C(=O)OC. The summed E-state index contributed by atoms with van der Waals surface area (Å²) in [7, 11) is 2.54. The molecule has 1 heterocycles. The molecule has 0 amide bonds. The van der Waals surface area contributed by atoms with Crippen molar-refractivity contribution in [2.24, 2.45) is 11.8 Å². The molecule has 0 N–H and O–H groups in total. The van der Waals surface area contributed by atoms with Crippen molar-refractivity contribution in [3.05, 3.63) is 0 Å². The van der Waals surface area contributed by atoms with Gasteiger partial charge in [-0.1, -0.05) is 0 Å². The lowest BCUT2D eigenvalue weighted by atomic mass is 9.94. The Kier molecular flexibility index (Phi) is 3.02. The first-order chi connectivity index (χ1) is 9.11. The summed E-state index contributed by atoms with van der Waals surface area (Å²) >= 11 is 0. The van der Waals surface area contributed by atoms with E-state index in [2.05, 4.69) is 0 Å². The molecule has 3 fully saturated rings. The highest BCUT2D eigenvalue weighted by Crippen LogP contribution is 2.59. The van der Waals surface area contributed by atoms with Gasteiger partial charge in [-0.05, 0) is 25.2 Å². The lowest BCUT2D eigenvalue weighted by molar-refractivity contribution is -0.211. The summed E-state index contributed by atoms with van der Waals surface area (Å²) in [5.41, 5.74) is 0. The molecule has 0 aromatic rings. The van der Waals surface area contributed by atoms with Crippen molar-refractivity contribution in [1.82, 2.24) is 0 Å². The van der Waals surface area contributed by atoms with Crippen molar-refractivity contribution in [1.29, 1.82) is 0 Å². The van der Waals surface area contributed by atoms with Gasteiger partial charge in [0.05, 0.1) is 14.2 Å². The normalized spacial score (nSPS) is 38.6. The molecule has 1 saturated heterocycles. The van der Waals surface area contributed by atoms with E-state index < -0.39 is 29.9 Å². The molecule has 106 valence electrons. The average molecular weight is 270 g/mol. The number of rotatable bonds is 2. The van der Waals surface area contributed by atoms with E-state index in [4.69, 9.17) is 18.9 Å². The Morgan fingerprint density at radius 2 is 1.68 bits per heavy atom. The third-order valence-electron chi connectivity index (χ3n) is 4.38. The molecule has 19 heavy (non-hydrogen) atoms. The summed E-state index contributed by atoms with van der Waals surface area (Å²) in [5, 5.41) is 0. The van der Waals surface area contributed by atoms with Crippen molar-refractivity contribution >= 4 is 11.9 Å². The summed E-state index contributed by atoms with van der Waals surface area (Å²) in [5.74, 6) is -1.07. The minimum absolute atomic E-state index is 0.295. The predicted molar refractivity (Wildman–Crippen MR) is 62.0 cm³/mol. The van der Waals surface area contributed by atoms with Gasteiger partial charge in [-0.3, -0.25) is 0 Å². The second-order valence-electron chi connectivity index (χ2n) is 5.43. The van der Waals surface area contributed by atoms with E-state index >= 15 is 0 Å². The van der Waals surface area contributed by atoms with Crippen LogP contribution in [0.15, 0.2) is 0 Å². The zero-order valence-corrected chi connectivity index (χ0v) is 11.1. The van der Waals surface area contributed by atoms with Gasteiger partial charge in [0.15, 0.2) is 18.0 Å². The van der Waals surface area contributed by atoms with Gasteiger partial charge in [-0.25, -0.2) is 9.59 Å². The van der Waals surface area contributed by atoms with Crippen LogP contribution in [0, 0.1) is 11.8 Å². The first-order valence-corrected chi connectivity index (χ1v) is 6.62. The molecule has 2 aliphatic carbocycles. The fourth-order valence-electron chi connectivity index (χ4n) is 3.35. The molecule has 0 aromatic carbocycles.